The summed E-state index contributed by atoms with van der Waals surface area (Å²) in [5.41, 5.74) is 1.73. The molecule has 0 aliphatic heterocycles. The van der Waals surface area contributed by atoms with Crippen LogP contribution in [0.2, 0.25) is 0 Å². The monoisotopic (exact) mass is 404 g/mol. The van der Waals surface area contributed by atoms with Gasteiger partial charge in [-0.05, 0) is 43.3 Å². The fourth-order valence-corrected chi connectivity index (χ4v) is 2.65. The van der Waals surface area contributed by atoms with Crippen molar-refractivity contribution in [1.29, 1.82) is 0 Å². The van der Waals surface area contributed by atoms with Crippen molar-refractivity contribution in [2.75, 3.05) is 20.4 Å². The third kappa shape index (κ3) is 7.32. The van der Waals surface area contributed by atoms with Crippen molar-refractivity contribution in [3.05, 3.63) is 60.2 Å². The molecule has 0 aromatic heterocycles. The maximum Gasteiger partial charge on any atom is 0.251 e. The molecule has 8 nitrogen and oxygen atoms in total. The van der Waals surface area contributed by atoms with E-state index in [1.54, 1.807) is 31.2 Å². The van der Waals surface area contributed by atoms with Crippen molar-refractivity contribution in [1.82, 2.24) is 5.32 Å². The second kappa shape index (κ2) is 10.2. The van der Waals surface area contributed by atoms with E-state index in [4.69, 9.17) is 9.26 Å². The number of methoxy groups -OCH3 is 1. The molecule has 150 valence electrons. The van der Waals surface area contributed by atoms with E-state index in [1.807, 2.05) is 30.3 Å². The summed E-state index contributed by atoms with van der Waals surface area (Å²) in [4.78, 5) is 23.7. The van der Waals surface area contributed by atoms with Gasteiger partial charge in [-0.3, -0.25) is 4.79 Å². The lowest BCUT2D eigenvalue weighted by Gasteiger charge is -2.27. The molecule has 0 radical (unpaired) electrons. The molecule has 0 aliphatic carbocycles. The van der Waals surface area contributed by atoms with E-state index in [9.17, 15) is 14.3 Å². The van der Waals surface area contributed by atoms with E-state index in [0.29, 0.717) is 11.3 Å². The molecule has 0 saturated carbocycles. The van der Waals surface area contributed by atoms with Gasteiger partial charge in [-0.15, -0.1) is 0 Å². The normalized spacial score (nSPS) is 15.7. The topological polar surface area (TPSA) is 112 Å². The molecule has 1 N–H and O–H groups in total. The number of nitrogens with one attached hydrogen (secondary N) is 1. The number of azo groups is 1. The Bertz CT molecular complexity index is 836. The van der Waals surface area contributed by atoms with E-state index >= 15 is 0 Å². The van der Waals surface area contributed by atoms with Crippen LogP contribution in [0.15, 0.2) is 64.8 Å². The Kier molecular flexibility index (Phi) is 8.02. The average Bonchev–Trinajstić information content (AvgIpc) is 2.69. The first kappa shape index (κ1) is 21.9. The lowest BCUT2D eigenvalue weighted by Crippen LogP contribution is -2.46. The molecule has 0 aliphatic rings. The van der Waals surface area contributed by atoms with Crippen molar-refractivity contribution in [3.63, 3.8) is 0 Å². The summed E-state index contributed by atoms with van der Waals surface area (Å²) in [6.45, 7) is 2.49. The molecule has 1 amide bonds. The highest BCUT2D eigenvalue weighted by Crippen LogP contribution is 2.31. The number of hydrogen-bond donors (Lipinski definition) is 1. The molecule has 0 bridgehead atoms. The summed E-state index contributed by atoms with van der Waals surface area (Å²) in [5.74, 6) is -0.374. The molecular weight excluding hydrogens is 381 g/mol. The van der Waals surface area contributed by atoms with E-state index in [1.165, 1.54) is 7.11 Å². The molecule has 2 aromatic rings. The van der Waals surface area contributed by atoms with Gasteiger partial charge in [-0.25, -0.2) is 0 Å². The van der Waals surface area contributed by atoms with Crippen LogP contribution in [0.4, 0.5) is 11.4 Å². The van der Waals surface area contributed by atoms with E-state index in [0.717, 1.165) is 12.4 Å². The summed E-state index contributed by atoms with van der Waals surface area (Å²) in [5, 5.41) is 11.0. The lowest BCUT2D eigenvalue weighted by atomic mass is 10.1. The van der Waals surface area contributed by atoms with Gasteiger partial charge in [0, 0.05) is 19.3 Å². The fourth-order valence-electron chi connectivity index (χ4n) is 2.22. The number of nitrogens with zero attached hydrogens (tertiary/aromatic N) is 2. The highest BCUT2D eigenvalue weighted by molar-refractivity contribution is 7.50. The first-order valence-electron chi connectivity index (χ1n) is 8.62. The van der Waals surface area contributed by atoms with Crippen molar-refractivity contribution in [3.8, 4) is 0 Å². The predicted molar refractivity (Wildman–Crippen MR) is 104 cm³/mol. The van der Waals surface area contributed by atoms with Gasteiger partial charge in [0.2, 0.25) is 0 Å². The molecule has 3 unspecified atom stereocenters. The van der Waals surface area contributed by atoms with Gasteiger partial charge >= 0.3 is 0 Å². The molecule has 2 aromatic carbocycles. The number of ether oxygens (including phenoxy) is 1. The van der Waals surface area contributed by atoms with Gasteiger partial charge < -0.3 is 24.0 Å². The second-order valence-electron chi connectivity index (χ2n) is 6.17. The zero-order valence-corrected chi connectivity index (χ0v) is 16.8. The second-order valence-corrected chi connectivity index (χ2v) is 7.97. The number of amides is 1. The van der Waals surface area contributed by atoms with Crippen LogP contribution < -0.4 is 10.2 Å². The van der Waals surface area contributed by atoms with Crippen molar-refractivity contribution in [2.24, 2.45) is 10.2 Å². The van der Waals surface area contributed by atoms with Gasteiger partial charge in [-0.1, -0.05) is 18.2 Å². The first-order valence-corrected chi connectivity index (χ1v) is 10.6. The number of hydrogen-bond acceptors (Lipinski definition) is 7. The maximum atomic E-state index is 12.5. The number of benzene rings is 2. The summed E-state index contributed by atoms with van der Waals surface area (Å²) in [6, 6.07) is 15.2. The van der Waals surface area contributed by atoms with Crippen LogP contribution in [-0.2, 0) is 13.8 Å². The van der Waals surface area contributed by atoms with Crippen LogP contribution >= 0.6 is 7.60 Å². The Balaban J connectivity index is 2.01. The van der Waals surface area contributed by atoms with Crippen molar-refractivity contribution >= 4 is 24.9 Å². The van der Waals surface area contributed by atoms with Crippen LogP contribution in [0, 0.1) is 0 Å². The minimum Gasteiger partial charge on any atom is -0.779 e. The van der Waals surface area contributed by atoms with Crippen LogP contribution in [0.3, 0.4) is 0 Å². The maximum absolute atomic E-state index is 12.5. The molecule has 0 spiro atoms. The lowest BCUT2D eigenvalue weighted by molar-refractivity contribution is -0.197. The molecule has 2 rings (SSSR count). The summed E-state index contributed by atoms with van der Waals surface area (Å²) >= 11 is 0. The van der Waals surface area contributed by atoms with Gasteiger partial charge in [0.15, 0.2) is 0 Å². The average molecular weight is 404 g/mol. The SMILES string of the molecule is COC(C)C(COP(C)(=O)[O-])NC(=O)c1ccc(N=Nc2ccccc2)cc1. The minimum absolute atomic E-state index is 0.207. The largest absolute Gasteiger partial charge is 0.779 e. The highest BCUT2D eigenvalue weighted by atomic mass is 31.2. The molecule has 9 heteroatoms. The van der Waals surface area contributed by atoms with Crippen molar-refractivity contribution in [2.45, 2.75) is 19.1 Å². The third-order valence-electron chi connectivity index (χ3n) is 3.91. The number of rotatable bonds is 9. The summed E-state index contributed by atoms with van der Waals surface area (Å²) in [7, 11) is -2.43. The Morgan fingerprint density at radius 1 is 1.11 bits per heavy atom. The molecule has 0 fully saturated rings. The van der Waals surface area contributed by atoms with E-state index in [2.05, 4.69) is 15.5 Å². The zero-order valence-electron chi connectivity index (χ0n) is 15.9. The van der Waals surface area contributed by atoms with Gasteiger partial charge in [0.1, 0.15) is 7.60 Å². The minimum atomic E-state index is -3.90. The zero-order chi connectivity index (χ0) is 20.6. The van der Waals surface area contributed by atoms with Gasteiger partial charge in [0.05, 0.1) is 30.1 Å². The van der Waals surface area contributed by atoms with Crippen LogP contribution in [-0.4, -0.2) is 38.4 Å². The van der Waals surface area contributed by atoms with Crippen LogP contribution in [0.5, 0.6) is 0 Å². The van der Waals surface area contributed by atoms with E-state index < -0.39 is 19.7 Å². The Hall–Kier alpha value is -2.38. The Morgan fingerprint density at radius 2 is 1.68 bits per heavy atom. The predicted octanol–water partition coefficient (Wildman–Crippen LogP) is 3.44. The smallest absolute Gasteiger partial charge is 0.251 e. The Labute approximate surface area is 164 Å². The molecule has 0 heterocycles. The Morgan fingerprint density at radius 3 is 2.21 bits per heavy atom. The molecule has 0 saturated heterocycles. The standard InChI is InChI=1S/C19H24N3O5P/c1-14(26-2)18(13-27-28(3,24)25)20-19(23)15-9-11-17(12-10-15)22-21-16-7-5-4-6-8-16/h4-12,14,18H,13H2,1-3H3,(H,20,23)(H,24,25)/p-1. The van der Waals surface area contributed by atoms with Crippen LogP contribution in [0.1, 0.15) is 17.3 Å². The fraction of sp³-hybridized carbons (Fsp3) is 0.316. The highest BCUT2D eigenvalue weighted by Gasteiger charge is 2.21. The van der Waals surface area contributed by atoms with E-state index in [-0.39, 0.29) is 12.5 Å². The number of carbonyl (C=O) groups is 1. The summed E-state index contributed by atoms with van der Waals surface area (Å²) < 4.78 is 21.3. The first-order chi connectivity index (χ1) is 13.3. The van der Waals surface area contributed by atoms with Crippen LogP contribution in [0.25, 0.3) is 0 Å². The third-order valence-corrected chi connectivity index (χ3v) is 4.53. The van der Waals surface area contributed by atoms with Gasteiger partial charge in [0.25, 0.3) is 5.91 Å². The van der Waals surface area contributed by atoms with Crippen molar-refractivity contribution < 1.29 is 23.5 Å². The molecule has 3 atom stereocenters. The molecule has 28 heavy (non-hydrogen) atoms. The summed E-state index contributed by atoms with van der Waals surface area (Å²) in [6.07, 6.45) is -0.436. The van der Waals surface area contributed by atoms with Gasteiger partial charge in [-0.2, -0.15) is 10.2 Å². The molecular formula is C19H23N3O5P-. The number of carbonyl (C=O) groups excluding carboxylic acids is 1. The quantitative estimate of drug-likeness (QED) is 0.508.